The van der Waals surface area contributed by atoms with E-state index in [1.807, 2.05) is 0 Å². The van der Waals surface area contributed by atoms with Gasteiger partial charge in [0.2, 0.25) is 0 Å². The summed E-state index contributed by atoms with van der Waals surface area (Å²) in [7, 11) is -20.5. The first-order chi connectivity index (χ1) is 11.2. The van der Waals surface area contributed by atoms with Gasteiger partial charge in [-0.15, -0.1) is 0 Å². The molecule has 0 atom stereocenters. The Morgan fingerprint density at radius 1 is 0.462 bits per heavy atom. The van der Waals surface area contributed by atoms with Crippen LogP contribution in [-0.4, -0.2) is 0 Å². The molecule has 26 heavy (non-hydrogen) atoms. The monoisotopic (exact) mass is 470 g/mol. The molecule has 0 saturated heterocycles. The van der Waals surface area contributed by atoms with Crippen LogP contribution in [0.4, 0.5) is 38.9 Å². The van der Waals surface area contributed by atoms with Gasteiger partial charge < -0.3 is 0 Å². The molecule has 0 heterocycles. The molecule has 0 radical (unpaired) electrons. The molecule has 2 aromatic rings. The summed E-state index contributed by atoms with van der Waals surface area (Å²) in [5.74, 6) is 0. The van der Waals surface area contributed by atoms with Gasteiger partial charge >= 0.3 is 20.4 Å². The van der Waals surface area contributed by atoms with Crippen molar-refractivity contribution in [3.63, 3.8) is 0 Å². The van der Waals surface area contributed by atoms with E-state index in [1.165, 1.54) is 0 Å². The van der Waals surface area contributed by atoms with Gasteiger partial charge in [-0.2, -0.15) is 0 Å². The Morgan fingerprint density at radius 2 is 0.731 bits per heavy atom. The third kappa shape index (κ3) is 5.33. The molecule has 0 nitrogen and oxygen atoms in total. The van der Waals surface area contributed by atoms with Crippen molar-refractivity contribution in [2.45, 2.75) is 19.6 Å². The first kappa shape index (κ1) is 21.4. The Kier molecular flexibility index (Phi) is 4.08. The lowest BCUT2D eigenvalue weighted by molar-refractivity contribution is 0.357. The highest BCUT2D eigenvalue weighted by molar-refractivity contribution is 8.76. The summed E-state index contributed by atoms with van der Waals surface area (Å²) in [6.07, 6.45) is 0. The summed E-state index contributed by atoms with van der Waals surface area (Å²) in [4.78, 5) is -6.77. The fourth-order valence-electron chi connectivity index (χ4n) is 1.77. The second-order valence-electron chi connectivity index (χ2n) is 5.00. The van der Waals surface area contributed by atoms with Gasteiger partial charge in [0.25, 0.3) is 0 Å². The molecule has 0 fully saturated rings. The molecule has 0 aliphatic heterocycles. The van der Waals surface area contributed by atoms with Crippen molar-refractivity contribution in [3.8, 4) is 0 Å². The van der Waals surface area contributed by atoms with Gasteiger partial charge in [0.1, 0.15) is 9.79 Å². The van der Waals surface area contributed by atoms with Crippen LogP contribution in [0.1, 0.15) is 0 Å². The second kappa shape index (κ2) is 4.94. The minimum atomic E-state index is -10.1. The van der Waals surface area contributed by atoms with E-state index in [0.717, 1.165) is 12.1 Å². The van der Waals surface area contributed by atoms with E-state index < -0.39 is 40.0 Å². The highest BCUT2D eigenvalue weighted by Crippen LogP contribution is 3.03. The Morgan fingerprint density at radius 3 is 1.00 bits per heavy atom. The maximum Gasteiger partial charge on any atom is 0.311 e. The number of hydrogen-bond acceptors (Lipinski definition) is 2. The summed E-state index contributed by atoms with van der Waals surface area (Å²) in [6, 6.07) is 4.70. The normalized spacial score (nSPS) is 18.4. The second-order valence-corrected chi connectivity index (χ2v) is 12.0. The molecule has 0 amide bonds. The molecule has 0 unspecified atom stereocenters. The predicted octanol–water partition coefficient (Wildman–Crippen LogP) is 9.80. The van der Waals surface area contributed by atoms with Crippen LogP contribution in [0.15, 0.2) is 68.1 Å². The Labute approximate surface area is 149 Å². The SMILES string of the molecule is FS(F)(F)(F)(F)c1ccccc1SSc1ccccc1S(F)(F)(F)(F)F. The topological polar surface area (TPSA) is 0 Å². The van der Waals surface area contributed by atoms with Crippen LogP contribution in [0.5, 0.6) is 0 Å². The van der Waals surface area contributed by atoms with Crippen LogP contribution in [0.2, 0.25) is 0 Å². The highest BCUT2D eigenvalue weighted by Gasteiger charge is 2.67. The number of hydrogen-bond donors (Lipinski definition) is 0. The van der Waals surface area contributed by atoms with Crippen LogP contribution in [0.3, 0.4) is 0 Å². The molecule has 0 aliphatic carbocycles. The van der Waals surface area contributed by atoms with Gasteiger partial charge in [0, 0.05) is 9.79 Å². The molecule has 0 spiro atoms. The zero-order valence-electron chi connectivity index (χ0n) is 12.0. The van der Waals surface area contributed by atoms with E-state index >= 15 is 0 Å². The fourth-order valence-corrected chi connectivity index (χ4v) is 7.00. The van der Waals surface area contributed by atoms with Crippen molar-refractivity contribution in [2.75, 3.05) is 0 Å². The molecule has 150 valence electrons. The van der Waals surface area contributed by atoms with Gasteiger partial charge in [-0.25, -0.2) is 0 Å². The minimum Gasteiger partial charge on any atom is -0.0936 e. The third-order valence-corrected chi connectivity index (χ3v) is 7.87. The molecule has 0 bridgehead atoms. The maximum atomic E-state index is 13.0. The number of rotatable bonds is 5. The zero-order valence-corrected chi connectivity index (χ0v) is 15.3. The standard InChI is InChI=1S/C12H8F10S4/c13-25(14,15,16,17)11-7-3-1-5-9(11)23-24-10-6-2-4-8-12(10)26(18,19,20,21)22/h1-8H. The molecular weight excluding hydrogens is 462 g/mol. The van der Waals surface area contributed by atoms with Crippen LogP contribution < -0.4 is 0 Å². The molecule has 0 N–H and O–H groups in total. The van der Waals surface area contributed by atoms with Crippen LogP contribution in [0, 0.1) is 0 Å². The number of benzene rings is 2. The summed E-state index contributed by atoms with van der Waals surface area (Å²) >= 11 is 0. The van der Waals surface area contributed by atoms with Gasteiger partial charge in [-0.3, -0.25) is 0 Å². The van der Waals surface area contributed by atoms with Crippen molar-refractivity contribution in [2.24, 2.45) is 0 Å². The largest absolute Gasteiger partial charge is 0.311 e. The van der Waals surface area contributed by atoms with Crippen molar-refractivity contribution in [3.05, 3.63) is 48.5 Å². The molecule has 14 heteroatoms. The van der Waals surface area contributed by atoms with Gasteiger partial charge in [-0.1, -0.05) is 84.7 Å². The summed E-state index contributed by atoms with van der Waals surface area (Å²) in [6.45, 7) is 0. The Balaban J connectivity index is 2.46. The summed E-state index contributed by atoms with van der Waals surface area (Å²) < 4.78 is 130. The van der Waals surface area contributed by atoms with E-state index in [4.69, 9.17) is 0 Å². The lowest BCUT2D eigenvalue weighted by Crippen LogP contribution is -2.08. The van der Waals surface area contributed by atoms with E-state index in [9.17, 15) is 38.9 Å². The fraction of sp³-hybridized carbons (Fsp3) is 0. The van der Waals surface area contributed by atoms with Crippen molar-refractivity contribution in [1.29, 1.82) is 0 Å². The predicted molar refractivity (Wildman–Crippen MR) is 87.4 cm³/mol. The quantitative estimate of drug-likeness (QED) is 0.315. The van der Waals surface area contributed by atoms with E-state index in [0.29, 0.717) is 24.3 Å². The highest BCUT2D eigenvalue weighted by atomic mass is 33.1. The van der Waals surface area contributed by atoms with Crippen LogP contribution in [0.25, 0.3) is 0 Å². The van der Waals surface area contributed by atoms with Gasteiger partial charge in [-0.05, 0) is 24.3 Å². The van der Waals surface area contributed by atoms with Gasteiger partial charge in [0.05, 0.1) is 0 Å². The lowest BCUT2D eigenvalue weighted by Gasteiger charge is -2.42. The summed E-state index contributed by atoms with van der Waals surface area (Å²) in [5, 5.41) is 0. The molecule has 0 aromatic heterocycles. The maximum absolute atomic E-state index is 13.0. The Hall–Kier alpha value is -0.860. The average molecular weight is 470 g/mol. The van der Waals surface area contributed by atoms with Crippen LogP contribution >= 0.6 is 42.0 Å². The smallest absolute Gasteiger partial charge is 0.0936 e. The van der Waals surface area contributed by atoms with Crippen molar-refractivity contribution < 1.29 is 38.9 Å². The Bertz CT molecular complexity index is 783. The van der Waals surface area contributed by atoms with Crippen LogP contribution in [-0.2, 0) is 0 Å². The molecule has 2 rings (SSSR count). The number of halogens is 10. The van der Waals surface area contributed by atoms with E-state index in [-0.39, 0.29) is 33.7 Å². The lowest BCUT2D eigenvalue weighted by atomic mass is 10.4. The molecule has 2 aromatic carbocycles. The first-order valence-electron chi connectivity index (χ1n) is 6.18. The van der Waals surface area contributed by atoms with Crippen molar-refractivity contribution in [1.82, 2.24) is 0 Å². The minimum absolute atomic E-state index is 0.0842. The molecular formula is C12H8F10S4. The molecule has 0 aliphatic rings. The van der Waals surface area contributed by atoms with Crippen molar-refractivity contribution >= 4 is 42.0 Å². The van der Waals surface area contributed by atoms with E-state index in [2.05, 4.69) is 0 Å². The third-order valence-electron chi connectivity index (χ3n) is 2.75. The molecule has 0 saturated carbocycles. The zero-order chi connectivity index (χ0) is 20.2. The summed E-state index contributed by atoms with van der Waals surface area (Å²) in [5.41, 5.74) is 0. The van der Waals surface area contributed by atoms with E-state index in [1.54, 1.807) is 0 Å². The van der Waals surface area contributed by atoms with Gasteiger partial charge in [0.15, 0.2) is 0 Å². The first-order valence-corrected chi connectivity index (χ1v) is 12.2. The average Bonchev–Trinajstić information content (AvgIpc) is 2.41.